The minimum atomic E-state index is 0.570. The van der Waals surface area contributed by atoms with Gasteiger partial charge in [0.25, 0.3) is 0 Å². The fraction of sp³-hybridized carbons (Fsp3) is 1.00. The van der Waals surface area contributed by atoms with Gasteiger partial charge < -0.3 is 10.1 Å². The molecule has 78 valence electrons. The Morgan fingerprint density at radius 2 is 2.23 bits per heavy atom. The summed E-state index contributed by atoms with van der Waals surface area (Å²) in [6.07, 6.45) is 6.45. The van der Waals surface area contributed by atoms with Crippen LogP contribution in [-0.2, 0) is 4.74 Å². The molecule has 0 bridgehead atoms. The molecule has 2 nitrogen and oxygen atoms in total. The first-order valence-electron chi connectivity index (χ1n) is 5.12. The molecular formula is C10H21NOS. The maximum Gasteiger partial charge on any atom is 0.0581 e. The van der Waals surface area contributed by atoms with Crippen LogP contribution in [0.2, 0.25) is 0 Å². The molecule has 0 unspecified atom stereocenters. The Morgan fingerprint density at radius 1 is 1.46 bits per heavy atom. The second kappa shape index (κ2) is 6.68. The van der Waals surface area contributed by atoms with Crippen LogP contribution in [0.5, 0.6) is 0 Å². The molecule has 0 amide bonds. The topological polar surface area (TPSA) is 21.3 Å². The molecule has 0 saturated heterocycles. The van der Waals surface area contributed by atoms with Crippen molar-refractivity contribution in [3.63, 3.8) is 0 Å². The minimum Gasteiger partial charge on any atom is -0.378 e. The minimum absolute atomic E-state index is 0.570. The van der Waals surface area contributed by atoms with Crippen molar-refractivity contribution in [1.82, 2.24) is 5.32 Å². The Labute approximate surface area is 85.8 Å². The zero-order valence-electron chi connectivity index (χ0n) is 8.71. The molecule has 1 aliphatic carbocycles. The van der Waals surface area contributed by atoms with E-state index in [1.54, 1.807) is 0 Å². The van der Waals surface area contributed by atoms with E-state index in [1.165, 1.54) is 25.0 Å². The van der Waals surface area contributed by atoms with Crippen LogP contribution >= 0.6 is 11.8 Å². The third kappa shape index (κ3) is 4.34. The van der Waals surface area contributed by atoms with Crippen molar-refractivity contribution in [2.45, 2.75) is 25.4 Å². The van der Waals surface area contributed by atoms with Crippen LogP contribution in [0.3, 0.4) is 0 Å². The molecule has 13 heavy (non-hydrogen) atoms. The normalized spacial score (nSPS) is 27.2. The molecule has 1 aliphatic rings. The molecule has 0 aromatic carbocycles. The number of rotatable bonds is 7. The van der Waals surface area contributed by atoms with Gasteiger partial charge in [0.05, 0.1) is 6.10 Å². The molecule has 1 rings (SSSR count). The van der Waals surface area contributed by atoms with E-state index in [-0.39, 0.29) is 0 Å². The van der Waals surface area contributed by atoms with E-state index in [9.17, 15) is 0 Å². The van der Waals surface area contributed by atoms with Gasteiger partial charge in [0.2, 0.25) is 0 Å². The summed E-state index contributed by atoms with van der Waals surface area (Å²) >= 11 is 1.90. The number of thioether (sulfide) groups is 1. The highest BCUT2D eigenvalue weighted by molar-refractivity contribution is 7.98. The molecule has 0 aromatic heterocycles. The fourth-order valence-corrected chi connectivity index (χ4v) is 2.13. The maximum absolute atomic E-state index is 5.72. The lowest BCUT2D eigenvalue weighted by atomic mass is 9.82. The van der Waals surface area contributed by atoms with Crippen molar-refractivity contribution in [2.24, 2.45) is 5.92 Å². The molecule has 0 radical (unpaired) electrons. The van der Waals surface area contributed by atoms with Crippen LogP contribution in [0, 0.1) is 5.92 Å². The van der Waals surface area contributed by atoms with Gasteiger partial charge in [-0.15, -0.1) is 0 Å². The van der Waals surface area contributed by atoms with Crippen LogP contribution < -0.4 is 5.32 Å². The number of hydrogen-bond acceptors (Lipinski definition) is 3. The summed E-state index contributed by atoms with van der Waals surface area (Å²) in [5.41, 5.74) is 0. The van der Waals surface area contributed by atoms with Gasteiger partial charge in [0, 0.05) is 6.61 Å². The third-order valence-electron chi connectivity index (χ3n) is 2.53. The predicted molar refractivity (Wildman–Crippen MR) is 59.4 cm³/mol. The Hall–Kier alpha value is 0.270. The molecule has 3 heteroatoms. The summed E-state index contributed by atoms with van der Waals surface area (Å²) in [4.78, 5) is 0. The molecule has 0 aromatic rings. The number of hydrogen-bond donors (Lipinski definition) is 1. The van der Waals surface area contributed by atoms with Gasteiger partial charge >= 0.3 is 0 Å². The number of ether oxygens (including phenoxy) is 1. The molecule has 0 heterocycles. The lowest BCUT2D eigenvalue weighted by Gasteiger charge is -2.35. The van der Waals surface area contributed by atoms with Gasteiger partial charge in [0.1, 0.15) is 0 Å². The van der Waals surface area contributed by atoms with Crippen molar-refractivity contribution < 1.29 is 4.74 Å². The van der Waals surface area contributed by atoms with Gasteiger partial charge in [-0.05, 0) is 50.8 Å². The first-order valence-corrected chi connectivity index (χ1v) is 6.51. The number of nitrogens with one attached hydrogen (secondary N) is 1. The maximum atomic E-state index is 5.72. The molecule has 0 spiro atoms. The first kappa shape index (κ1) is 11.3. The molecule has 0 atom stereocenters. The average Bonchev–Trinajstić information content (AvgIpc) is 2.07. The fourth-order valence-electron chi connectivity index (χ4n) is 1.72. The van der Waals surface area contributed by atoms with Crippen LogP contribution in [0.25, 0.3) is 0 Å². The zero-order valence-corrected chi connectivity index (χ0v) is 9.53. The van der Waals surface area contributed by atoms with E-state index < -0.39 is 0 Å². The average molecular weight is 203 g/mol. The Kier molecular flexibility index (Phi) is 5.83. The van der Waals surface area contributed by atoms with Crippen LogP contribution in [0.4, 0.5) is 0 Å². The van der Waals surface area contributed by atoms with Gasteiger partial charge in [-0.2, -0.15) is 11.8 Å². The van der Waals surface area contributed by atoms with Gasteiger partial charge in [-0.25, -0.2) is 0 Å². The summed E-state index contributed by atoms with van der Waals surface area (Å²) in [6, 6.07) is 0. The Balaban J connectivity index is 1.84. The van der Waals surface area contributed by atoms with Crippen molar-refractivity contribution in [1.29, 1.82) is 0 Å². The lowest BCUT2D eigenvalue weighted by Crippen LogP contribution is -2.37. The first-order chi connectivity index (χ1) is 6.36. The second-order valence-electron chi connectivity index (χ2n) is 3.73. The molecule has 1 fully saturated rings. The van der Waals surface area contributed by atoms with Crippen LogP contribution in [0.1, 0.15) is 19.3 Å². The van der Waals surface area contributed by atoms with Gasteiger partial charge in [0.15, 0.2) is 0 Å². The van der Waals surface area contributed by atoms with E-state index in [4.69, 9.17) is 4.74 Å². The van der Waals surface area contributed by atoms with Crippen molar-refractivity contribution >= 4 is 11.8 Å². The highest BCUT2D eigenvalue weighted by Gasteiger charge is 2.28. The predicted octanol–water partition coefficient (Wildman–Crippen LogP) is 1.75. The Bertz CT molecular complexity index is 126. The van der Waals surface area contributed by atoms with Crippen molar-refractivity contribution in [3.8, 4) is 0 Å². The van der Waals surface area contributed by atoms with E-state index in [0.29, 0.717) is 6.10 Å². The summed E-state index contributed by atoms with van der Waals surface area (Å²) in [5, 5.41) is 3.21. The van der Waals surface area contributed by atoms with Gasteiger partial charge in [-0.1, -0.05) is 0 Å². The SMILES string of the molecule is CNCC1CC(OCCCSC)C1. The second-order valence-corrected chi connectivity index (χ2v) is 4.72. The lowest BCUT2D eigenvalue weighted by molar-refractivity contribution is -0.0287. The van der Waals surface area contributed by atoms with E-state index in [2.05, 4.69) is 11.6 Å². The molecule has 1 N–H and O–H groups in total. The standard InChI is InChI=1S/C10H21NOS/c1-11-8-9-6-10(7-9)12-4-3-5-13-2/h9-11H,3-8H2,1-2H3. The highest BCUT2D eigenvalue weighted by Crippen LogP contribution is 2.29. The van der Waals surface area contributed by atoms with Gasteiger partial charge in [-0.3, -0.25) is 0 Å². The van der Waals surface area contributed by atoms with E-state index in [1.807, 2.05) is 18.8 Å². The summed E-state index contributed by atoms with van der Waals surface area (Å²) < 4.78 is 5.72. The molecule has 1 saturated carbocycles. The highest BCUT2D eigenvalue weighted by atomic mass is 32.2. The molecular weight excluding hydrogens is 182 g/mol. The quantitative estimate of drug-likeness (QED) is 0.637. The zero-order chi connectivity index (χ0) is 9.52. The molecule has 0 aliphatic heterocycles. The third-order valence-corrected chi connectivity index (χ3v) is 3.23. The summed E-state index contributed by atoms with van der Waals surface area (Å²) in [5.74, 6) is 2.10. The van der Waals surface area contributed by atoms with Crippen LogP contribution in [0.15, 0.2) is 0 Å². The van der Waals surface area contributed by atoms with Crippen molar-refractivity contribution in [3.05, 3.63) is 0 Å². The summed E-state index contributed by atoms with van der Waals surface area (Å²) in [7, 11) is 2.02. The van der Waals surface area contributed by atoms with E-state index in [0.717, 1.165) is 19.1 Å². The monoisotopic (exact) mass is 203 g/mol. The Morgan fingerprint density at radius 3 is 2.85 bits per heavy atom. The van der Waals surface area contributed by atoms with Crippen molar-refractivity contribution in [2.75, 3.05) is 32.2 Å². The largest absolute Gasteiger partial charge is 0.378 e. The van der Waals surface area contributed by atoms with E-state index >= 15 is 0 Å². The smallest absolute Gasteiger partial charge is 0.0581 e. The summed E-state index contributed by atoms with van der Waals surface area (Å²) in [6.45, 7) is 2.11. The van der Waals surface area contributed by atoms with Crippen LogP contribution in [-0.4, -0.2) is 38.3 Å².